The SMILES string of the molecule is NCCOCCOCCOCCOCCOCCOCCOCCOCCOCCOCCOCCOCCOCCNC(=O)OCC1c2ccccc2-c2ccccc21. The highest BCUT2D eigenvalue weighted by Crippen LogP contribution is 2.44. The molecule has 0 fully saturated rings. The van der Waals surface area contributed by atoms with Crippen LogP contribution in [0.2, 0.25) is 0 Å². The van der Waals surface area contributed by atoms with Gasteiger partial charge in [0.1, 0.15) is 6.61 Å². The lowest BCUT2D eigenvalue weighted by atomic mass is 9.98. The van der Waals surface area contributed by atoms with E-state index in [1.165, 1.54) is 22.3 Å². The van der Waals surface area contributed by atoms with E-state index in [0.717, 1.165) is 0 Å². The van der Waals surface area contributed by atoms with Crippen molar-refractivity contribution in [3.8, 4) is 11.1 Å². The maximum absolute atomic E-state index is 12.3. The normalized spacial score (nSPS) is 12.2. The zero-order valence-electron chi connectivity index (χ0n) is 35.4. The number of hydrogen-bond donors (Lipinski definition) is 2. The molecular weight excluding hydrogens is 784 g/mol. The van der Waals surface area contributed by atoms with Crippen LogP contribution in [0.25, 0.3) is 11.1 Å². The first-order chi connectivity index (χ1) is 29.8. The van der Waals surface area contributed by atoms with E-state index in [1.54, 1.807) is 0 Å². The molecule has 0 unspecified atom stereocenters. The van der Waals surface area contributed by atoms with Gasteiger partial charge in [-0.2, -0.15) is 0 Å². The number of amides is 1. The molecule has 0 atom stereocenters. The fraction of sp³-hybridized carbons (Fsp3) is 0.698. The van der Waals surface area contributed by atoms with Gasteiger partial charge in [-0.25, -0.2) is 4.79 Å². The van der Waals surface area contributed by atoms with Crippen LogP contribution in [0.4, 0.5) is 4.79 Å². The van der Waals surface area contributed by atoms with Gasteiger partial charge in [0.25, 0.3) is 0 Å². The number of nitrogens with two attached hydrogens (primary N) is 1. The van der Waals surface area contributed by atoms with Crippen molar-refractivity contribution in [2.75, 3.05) is 191 Å². The quantitative estimate of drug-likeness (QED) is 0.0928. The number of carbonyl (C=O) groups is 1. The van der Waals surface area contributed by atoms with Crippen molar-refractivity contribution in [2.24, 2.45) is 5.73 Å². The van der Waals surface area contributed by atoms with Gasteiger partial charge in [-0.3, -0.25) is 0 Å². The van der Waals surface area contributed by atoms with Crippen LogP contribution in [-0.4, -0.2) is 198 Å². The monoisotopic (exact) mass is 854 g/mol. The van der Waals surface area contributed by atoms with E-state index in [1.807, 2.05) is 24.3 Å². The van der Waals surface area contributed by atoms with Crippen molar-refractivity contribution in [1.29, 1.82) is 0 Å². The molecule has 3 rings (SSSR count). The standard InChI is InChI=1S/C43H70N2O15/c44-9-11-47-13-15-49-17-19-51-21-23-53-25-27-55-29-31-57-33-35-59-36-34-58-32-30-56-28-26-54-24-22-52-20-18-50-16-14-48-12-10-45-43(46)60-37-42-40-7-3-1-5-38(40)39-6-2-4-8-41(39)42/h1-8,42H,9-37,44H2,(H,45,46). The Kier molecular flexibility index (Phi) is 32.5. The minimum Gasteiger partial charge on any atom is -0.449 e. The zero-order valence-corrected chi connectivity index (χ0v) is 35.4. The Morgan fingerprint density at radius 2 is 0.667 bits per heavy atom. The minimum atomic E-state index is -0.455. The van der Waals surface area contributed by atoms with Crippen LogP contribution in [0.1, 0.15) is 17.0 Å². The van der Waals surface area contributed by atoms with Crippen LogP contribution < -0.4 is 11.1 Å². The Balaban J connectivity index is 0.919. The summed E-state index contributed by atoms with van der Waals surface area (Å²) in [5.74, 6) is 0.0338. The van der Waals surface area contributed by atoms with E-state index in [0.29, 0.717) is 185 Å². The molecule has 0 saturated heterocycles. The van der Waals surface area contributed by atoms with Crippen LogP contribution in [0, 0.1) is 0 Å². The average molecular weight is 855 g/mol. The first-order valence-electron chi connectivity index (χ1n) is 21.1. The van der Waals surface area contributed by atoms with Gasteiger partial charge in [0, 0.05) is 19.0 Å². The molecule has 0 heterocycles. The van der Waals surface area contributed by atoms with Gasteiger partial charge in [0.15, 0.2) is 0 Å². The molecule has 3 N–H and O–H groups in total. The number of carbonyl (C=O) groups excluding carboxylic acids is 1. The summed E-state index contributed by atoms with van der Waals surface area (Å²) < 4.78 is 76.6. The number of fused-ring (bicyclic) bond motifs is 3. The van der Waals surface area contributed by atoms with Gasteiger partial charge >= 0.3 is 6.09 Å². The summed E-state index contributed by atoms with van der Waals surface area (Å²) in [4.78, 5) is 12.3. The van der Waals surface area contributed by atoms with E-state index in [4.69, 9.17) is 72.0 Å². The summed E-state index contributed by atoms with van der Waals surface area (Å²) in [5.41, 5.74) is 10.1. The first kappa shape index (κ1) is 51.5. The molecule has 342 valence electrons. The topological polar surface area (TPSA) is 184 Å². The Morgan fingerprint density at radius 1 is 0.400 bits per heavy atom. The zero-order chi connectivity index (χ0) is 42.2. The van der Waals surface area contributed by atoms with E-state index in [2.05, 4.69) is 29.6 Å². The fourth-order valence-electron chi connectivity index (χ4n) is 5.70. The highest BCUT2D eigenvalue weighted by atomic mass is 16.6. The third-order valence-corrected chi connectivity index (χ3v) is 8.59. The molecule has 0 aromatic heterocycles. The molecule has 0 aliphatic heterocycles. The second-order valence-electron chi connectivity index (χ2n) is 13.0. The van der Waals surface area contributed by atoms with E-state index >= 15 is 0 Å². The van der Waals surface area contributed by atoms with Crippen LogP contribution in [0.15, 0.2) is 48.5 Å². The van der Waals surface area contributed by atoms with Gasteiger partial charge in [-0.15, -0.1) is 0 Å². The molecule has 1 aliphatic rings. The molecule has 1 amide bonds. The molecule has 0 saturated carbocycles. The van der Waals surface area contributed by atoms with E-state index in [9.17, 15) is 4.79 Å². The van der Waals surface area contributed by atoms with Crippen molar-refractivity contribution in [1.82, 2.24) is 5.32 Å². The number of ether oxygens (including phenoxy) is 14. The van der Waals surface area contributed by atoms with Crippen LogP contribution in [0.5, 0.6) is 0 Å². The molecular formula is C43H70N2O15. The summed E-state index contributed by atoms with van der Waals surface area (Å²) in [6.45, 7) is 13.9. The highest BCUT2D eigenvalue weighted by molar-refractivity contribution is 5.79. The van der Waals surface area contributed by atoms with Crippen LogP contribution in [-0.2, 0) is 66.3 Å². The summed E-state index contributed by atoms with van der Waals surface area (Å²) in [6, 6.07) is 16.5. The van der Waals surface area contributed by atoms with Gasteiger partial charge in [-0.05, 0) is 22.3 Å². The Bertz CT molecular complexity index is 1250. The maximum Gasteiger partial charge on any atom is 0.407 e. The first-order valence-corrected chi connectivity index (χ1v) is 21.1. The second-order valence-corrected chi connectivity index (χ2v) is 13.0. The number of benzene rings is 2. The number of hydrogen-bond acceptors (Lipinski definition) is 16. The van der Waals surface area contributed by atoms with E-state index in [-0.39, 0.29) is 12.5 Å². The van der Waals surface area contributed by atoms with Crippen molar-refractivity contribution in [3.05, 3.63) is 59.7 Å². The lowest BCUT2D eigenvalue weighted by Gasteiger charge is -2.14. The van der Waals surface area contributed by atoms with Crippen LogP contribution in [0.3, 0.4) is 0 Å². The van der Waals surface area contributed by atoms with Gasteiger partial charge in [0.05, 0.1) is 172 Å². The Labute approximate surface area is 355 Å². The number of rotatable bonds is 43. The van der Waals surface area contributed by atoms with Crippen molar-refractivity contribution < 1.29 is 71.1 Å². The largest absolute Gasteiger partial charge is 0.449 e. The number of nitrogens with one attached hydrogen (secondary N) is 1. The molecule has 60 heavy (non-hydrogen) atoms. The molecule has 0 bridgehead atoms. The predicted octanol–water partition coefficient (Wildman–Crippen LogP) is 2.70. The molecule has 2 aromatic carbocycles. The molecule has 2 aromatic rings. The molecule has 0 radical (unpaired) electrons. The van der Waals surface area contributed by atoms with Gasteiger partial charge in [-0.1, -0.05) is 48.5 Å². The van der Waals surface area contributed by atoms with Crippen LogP contribution >= 0.6 is 0 Å². The van der Waals surface area contributed by atoms with E-state index < -0.39 is 6.09 Å². The Hall–Kier alpha value is -2.85. The molecule has 17 nitrogen and oxygen atoms in total. The lowest BCUT2D eigenvalue weighted by Crippen LogP contribution is -2.29. The van der Waals surface area contributed by atoms with Crippen molar-refractivity contribution in [3.63, 3.8) is 0 Å². The summed E-state index contributed by atoms with van der Waals surface area (Å²) in [5, 5.41) is 2.74. The lowest BCUT2D eigenvalue weighted by molar-refractivity contribution is -0.0289. The summed E-state index contributed by atoms with van der Waals surface area (Å²) in [7, 11) is 0. The second kappa shape index (κ2) is 37.9. The summed E-state index contributed by atoms with van der Waals surface area (Å²) in [6.07, 6.45) is -0.455. The maximum atomic E-state index is 12.3. The van der Waals surface area contributed by atoms with Crippen molar-refractivity contribution >= 4 is 6.09 Å². The highest BCUT2D eigenvalue weighted by Gasteiger charge is 2.29. The van der Waals surface area contributed by atoms with Gasteiger partial charge in [0.2, 0.25) is 0 Å². The van der Waals surface area contributed by atoms with Gasteiger partial charge < -0.3 is 77.4 Å². The molecule has 1 aliphatic carbocycles. The minimum absolute atomic E-state index is 0.0338. The third kappa shape index (κ3) is 25.8. The number of alkyl carbamates (subject to hydrolysis) is 1. The third-order valence-electron chi connectivity index (χ3n) is 8.59. The smallest absolute Gasteiger partial charge is 0.407 e. The average Bonchev–Trinajstić information content (AvgIpc) is 3.59. The molecule has 0 spiro atoms. The predicted molar refractivity (Wildman–Crippen MR) is 223 cm³/mol. The van der Waals surface area contributed by atoms with Crippen molar-refractivity contribution in [2.45, 2.75) is 5.92 Å². The molecule has 17 heteroatoms. The fourth-order valence-corrected chi connectivity index (χ4v) is 5.70. The Morgan fingerprint density at radius 3 is 0.967 bits per heavy atom. The summed E-state index contributed by atoms with van der Waals surface area (Å²) >= 11 is 0.